The van der Waals surface area contributed by atoms with Gasteiger partial charge in [0, 0.05) is 25.7 Å². The molecule has 0 saturated carbocycles. The first-order chi connectivity index (χ1) is 9.82. The second kappa shape index (κ2) is 7.64. The number of hydrogen-bond acceptors (Lipinski definition) is 4. The van der Waals surface area contributed by atoms with E-state index in [1.807, 2.05) is 27.7 Å². The van der Waals surface area contributed by atoms with Gasteiger partial charge in [-0.3, -0.25) is 0 Å². The molecular formula is C15H25ClN2O3S. The molecule has 1 aliphatic heterocycles. The first kappa shape index (κ1) is 19.2. The zero-order valence-corrected chi connectivity index (χ0v) is 15.1. The quantitative estimate of drug-likeness (QED) is 0.906. The summed E-state index contributed by atoms with van der Waals surface area (Å²) in [4.78, 5) is 0.338. The third-order valence-corrected chi connectivity index (χ3v) is 5.57. The van der Waals surface area contributed by atoms with Gasteiger partial charge in [-0.1, -0.05) is 0 Å². The minimum atomic E-state index is -3.44. The molecule has 0 spiro atoms. The third kappa shape index (κ3) is 4.13. The van der Waals surface area contributed by atoms with Crippen LogP contribution in [0.3, 0.4) is 0 Å². The van der Waals surface area contributed by atoms with Gasteiger partial charge in [-0.15, -0.1) is 12.4 Å². The van der Waals surface area contributed by atoms with Crippen molar-refractivity contribution < 1.29 is 13.2 Å². The second-order valence-corrected chi connectivity index (χ2v) is 7.65. The summed E-state index contributed by atoms with van der Waals surface area (Å²) in [5, 5.41) is 3.20. The zero-order chi connectivity index (χ0) is 15.6. The van der Waals surface area contributed by atoms with Gasteiger partial charge in [-0.05, 0) is 51.5 Å². The summed E-state index contributed by atoms with van der Waals surface area (Å²) < 4.78 is 32.7. The molecule has 0 aromatic heterocycles. The summed E-state index contributed by atoms with van der Waals surface area (Å²) in [5.74, 6) is 0.734. The minimum Gasteiger partial charge on any atom is -0.491 e. The smallest absolute Gasteiger partial charge is 0.243 e. The Morgan fingerprint density at radius 2 is 2.05 bits per heavy atom. The molecule has 1 aliphatic rings. The molecule has 1 atom stereocenters. The second-order valence-electron chi connectivity index (χ2n) is 5.76. The number of sulfonamides is 1. The zero-order valence-electron chi connectivity index (χ0n) is 13.5. The number of hydrogen-bond donors (Lipinski definition) is 1. The Balaban J connectivity index is 0.00000242. The van der Waals surface area contributed by atoms with Gasteiger partial charge < -0.3 is 10.1 Å². The van der Waals surface area contributed by atoms with Gasteiger partial charge in [0.25, 0.3) is 0 Å². The van der Waals surface area contributed by atoms with Gasteiger partial charge in [-0.2, -0.15) is 4.31 Å². The van der Waals surface area contributed by atoms with E-state index in [0.717, 1.165) is 11.3 Å². The van der Waals surface area contributed by atoms with Crippen molar-refractivity contribution in [1.82, 2.24) is 9.62 Å². The Bertz CT molecular complexity index is 605. The van der Waals surface area contributed by atoms with E-state index in [4.69, 9.17) is 4.74 Å². The van der Waals surface area contributed by atoms with Crippen LogP contribution in [0.25, 0.3) is 0 Å². The van der Waals surface area contributed by atoms with Crippen molar-refractivity contribution in [2.45, 2.75) is 44.7 Å². The number of halogens is 1. The maximum Gasteiger partial charge on any atom is 0.243 e. The van der Waals surface area contributed by atoms with E-state index in [0.29, 0.717) is 24.5 Å². The summed E-state index contributed by atoms with van der Waals surface area (Å²) in [6.07, 6.45) is 0.0688. The Morgan fingerprint density at radius 3 is 2.59 bits per heavy atom. The van der Waals surface area contributed by atoms with Gasteiger partial charge in [0.15, 0.2) is 0 Å². The highest BCUT2D eigenvalue weighted by atomic mass is 35.5. The number of nitrogens with zero attached hydrogens (tertiary/aromatic N) is 1. The van der Waals surface area contributed by atoms with E-state index in [2.05, 4.69) is 5.32 Å². The van der Waals surface area contributed by atoms with E-state index in [1.54, 1.807) is 22.5 Å². The molecule has 0 amide bonds. The number of aryl methyl sites for hydroxylation is 1. The van der Waals surface area contributed by atoms with E-state index >= 15 is 0 Å². The lowest BCUT2D eigenvalue weighted by atomic mass is 10.2. The van der Waals surface area contributed by atoms with Crippen LogP contribution in [0.15, 0.2) is 23.1 Å². The minimum absolute atomic E-state index is 0. The average molecular weight is 349 g/mol. The lowest BCUT2D eigenvalue weighted by Crippen LogP contribution is -2.52. The SMILES string of the molecule is Cc1cc(S(=O)(=O)N2CCNCC2C)ccc1OC(C)C.Cl. The highest BCUT2D eigenvalue weighted by molar-refractivity contribution is 7.89. The maximum atomic E-state index is 12.7. The van der Waals surface area contributed by atoms with Crippen molar-refractivity contribution in [1.29, 1.82) is 0 Å². The molecule has 126 valence electrons. The molecular weight excluding hydrogens is 324 g/mol. The fourth-order valence-corrected chi connectivity index (χ4v) is 4.20. The lowest BCUT2D eigenvalue weighted by molar-refractivity contribution is 0.240. The molecule has 0 aliphatic carbocycles. The number of rotatable bonds is 4. The molecule has 1 saturated heterocycles. The fraction of sp³-hybridized carbons (Fsp3) is 0.600. The lowest BCUT2D eigenvalue weighted by Gasteiger charge is -2.33. The Labute approximate surface area is 139 Å². The van der Waals surface area contributed by atoms with Crippen molar-refractivity contribution in [2.75, 3.05) is 19.6 Å². The Hall–Kier alpha value is -0.820. The molecule has 0 bridgehead atoms. The topological polar surface area (TPSA) is 58.6 Å². The van der Waals surface area contributed by atoms with Crippen molar-refractivity contribution in [3.05, 3.63) is 23.8 Å². The molecule has 1 aromatic carbocycles. The largest absolute Gasteiger partial charge is 0.491 e. The number of benzene rings is 1. The monoisotopic (exact) mass is 348 g/mol. The molecule has 1 N–H and O–H groups in total. The van der Waals surface area contributed by atoms with Crippen molar-refractivity contribution >= 4 is 22.4 Å². The van der Waals surface area contributed by atoms with Crippen LogP contribution in [0.2, 0.25) is 0 Å². The molecule has 0 radical (unpaired) electrons. The summed E-state index contributed by atoms with van der Waals surface area (Å²) in [5.41, 5.74) is 0.840. The first-order valence-corrected chi connectivity index (χ1v) is 8.76. The third-order valence-electron chi connectivity index (χ3n) is 3.56. The molecule has 1 aromatic rings. The van der Waals surface area contributed by atoms with Crippen LogP contribution in [-0.4, -0.2) is 44.5 Å². The normalized spacial score (nSPS) is 19.8. The van der Waals surface area contributed by atoms with E-state index < -0.39 is 10.0 Å². The van der Waals surface area contributed by atoms with Crippen molar-refractivity contribution in [2.24, 2.45) is 0 Å². The van der Waals surface area contributed by atoms with Crippen LogP contribution in [0.1, 0.15) is 26.3 Å². The van der Waals surface area contributed by atoms with E-state index in [1.165, 1.54) is 0 Å². The van der Waals surface area contributed by atoms with E-state index in [-0.39, 0.29) is 24.6 Å². The standard InChI is InChI=1S/C15H24N2O3S.ClH/c1-11(2)20-15-6-5-14(9-12(15)3)21(18,19)17-8-7-16-10-13(17)4;/h5-6,9,11,13,16H,7-8,10H2,1-4H3;1H. The van der Waals surface area contributed by atoms with Crippen LogP contribution >= 0.6 is 12.4 Å². The maximum absolute atomic E-state index is 12.7. The Kier molecular flexibility index (Phi) is 6.67. The molecule has 1 heterocycles. The molecule has 1 fully saturated rings. The highest BCUT2D eigenvalue weighted by Crippen LogP contribution is 2.26. The Morgan fingerprint density at radius 1 is 1.36 bits per heavy atom. The molecule has 7 heteroatoms. The summed E-state index contributed by atoms with van der Waals surface area (Å²) in [7, 11) is -3.44. The van der Waals surface area contributed by atoms with Crippen LogP contribution in [0, 0.1) is 6.92 Å². The fourth-order valence-electron chi connectivity index (χ4n) is 2.48. The van der Waals surface area contributed by atoms with Gasteiger partial charge in [0.05, 0.1) is 11.0 Å². The van der Waals surface area contributed by atoms with Crippen LogP contribution in [0.4, 0.5) is 0 Å². The summed E-state index contributed by atoms with van der Waals surface area (Å²) in [6.45, 7) is 9.58. The summed E-state index contributed by atoms with van der Waals surface area (Å²) >= 11 is 0. The summed E-state index contributed by atoms with van der Waals surface area (Å²) in [6, 6.07) is 5.04. The molecule has 2 rings (SSSR count). The number of ether oxygens (including phenoxy) is 1. The van der Waals surface area contributed by atoms with Gasteiger partial charge in [-0.25, -0.2) is 8.42 Å². The predicted octanol–water partition coefficient (Wildman–Crippen LogP) is 2.19. The highest BCUT2D eigenvalue weighted by Gasteiger charge is 2.31. The molecule has 5 nitrogen and oxygen atoms in total. The predicted molar refractivity (Wildman–Crippen MR) is 90.4 cm³/mol. The average Bonchev–Trinajstić information content (AvgIpc) is 2.40. The van der Waals surface area contributed by atoms with Gasteiger partial charge in [0.2, 0.25) is 10.0 Å². The number of piperazine rings is 1. The number of nitrogens with one attached hydrogen (secondary N) is 1. The van der Waals surface area contributed by atoms with Crippen LogP contribution in [-0.2, 0) is 10.0 Å². The van der Waals surface area contributed by atoms with Crippen LogP contribution in [0.5, 0.6) is 5.75 Å². The van der Waals surface area contributed by atoms with E-state index in [9.17, 15) is 8.42 Å². The molecule has 22 heavy (non-hydrogen) atoms. The van der Waals surface area contributed by atoms with Crippen molar-refractivity contribution in [3.63, 3.8) is 0 Å². The van der Waals surface area contributed by atoms with Crippen molar-refractivity contribution in [3.8, 4) is 5.75 Å². The van der Waals surface area contributed by atoms with Gasteiger partial charge in [0.1, 0.15) is 5.75 Å². The first-order valence-electron chi connectivity index (χ1n) is 7.32. The van der Waals surface area contributed by atoms with Crippen LogP contribution < -0.4 is 10.1 Å². The van der Waals surface area contributed by atoms with Gasteiger partial charge >= 0.3 is 0 Å². The molecule has 1 unspecified atom stereocenters.